The van der Waals surface area contributed by atoms with Crippen molar-refractivity contribution in [2.75, 3.05) is 6.61 Å². The Bertz CT molecular complexity index is 409. The van der Waals surface area contributed by atoms with E-state index in [9.17, 15) is 8.42 Å². The predicted molar refractivity (Wildman–Crippen MR) is 60.2 cm³/mol. The van der Waals surface area contributed by atoms with Crippen molar-refractivity contribution in [2.45, 2.75) is 25.0 Å². The topological polar surface area (TPSA) is 55.4 Å². The van der Waals surface area contributed by atoms with E-state index >= 15 is 0 Å². The molecular formula is C9H15NO3S2. The van der Waals surface area contributed by atoms with Crippen LogP contribution in [0.15, 0.2) is 16.3 Å². The van der Waals surface area contributed by atoms with Crippen molar-refractivity contribution >= 4 is 21.4 Å². The first kappa shape index (κ1) is 12.6. The van der Waals surface area contributed by atoms with Gasteiger partial charge in [-0.2, -0.15) is 0 Å². The number of hydrogen-bond acceptors (Lipinski definition) is 4. The third-order valence-corrected chi connectivity index (χ3v) is 4.27. The van der Waals surface area contributed by atoms with Crippen LogP contribution >= 0.6 is 11.3 Å². The van der Waals surface area contributed by atoms with Gasteiger partial charge >= 0.3 is 0 Å². The highest BCUT2D eigenvalue weighted by atomic mass is 32.2. The van der Waals surface area contributed by atoms with Crippen molar-refractivity contribution in [3.63, 3.8) is 0 Å². The van der Waals surface area contributed by atoms with E-state index in [0.29, 0.717) is 6.61 Å². The summed E-state index contributed by atoms with van der Waals surface area (Å²) >= 11 is 1.22. The van der Waals surface area contributed by atoms with Gasteiger partial charge in [-0.05, 0) is 25.0 Å². The van der Waals surface area contributed by atoms with Crippen molar-refractivity contribution in [3.8, 4) is 0 Å². The molecule has 0 atom stereocenters. The van der Waals surface area contributed by atoms with Crippen LogP contribution in [0, 0.1) is 12.8 Å². The van der Waals surface area contributed by atoms with Crippen LogP contribution in [0.4, 0.5) is 0 Å². The zero-order chi connectivity index (χ0) is 11.5. The molecule has 1 aromatic heterocycles. The Morgan fingerprint density at radius 2 is 2.13 bits per heavy atom. The second kappa shape index (κ2) is 5.07. The zero-order valence-electron chi connectivity index (χ0n) is 8.98. The minimum atomic E-state index is -3.49. The molecule has 1 rings (SSSR count). The molecule has 0 aliphatic heterocycles. The normalized spacial score (nSPS) is 12.3. The van der Waals surface area contributed by atoms with Gasteiger partial charge in [0.25, 0.3) is 10.0 Å². The first-order valence-corrected chi connectivity index (χ1v) is 6.92. The van der Waals surface area contributed by atoms with Gasteiger partial charge in [0, 0.05) is 4.88 Å². The van der Waals surface area contributed by atoms with Crippen LogP contribution in [-0.2, 0) is 14.9 Å². The van der Waals surface area contributed by atoms with Gasteiger partial charge in [-0.25, -0.2) is 8.42 Å². The number of aryl methyl sites for hydroxylation is 1. The first-order valence-electron chi connectivity index (χ1n) is 4.62. The molecule has 0 aromatic carbocycles. The van der Waals surface area contributed by atoms with Crippen molar-refractivity contribution in [2.24, 2.45) is 5.92 Å². The van der Waals surface area contributed by atoms with Gasteiger partial charge in [-0.15, -0.1) is 11.3 Å². The Balaban J connectivity index is 2.60. The van der Waals surface area contributed by atoms with Crippen LogP contribution in [0.2, 0.25) is 0 Å². The summed E-state index contributed by atoms with van der Waals surface area (Å²) in [7, 11) is -3.49. The zero-order valence-corrected chi connectivity index (χ0v) is 10.6. The number of nitrogens with one attached hydrogen (secondary N) is 1. The SMILES string of the molecule is Cc1ccc(S(=O)(=O)NOCC(C)C)s1. The Hall–Kier alpha value is -0.430. The number of rotatable bonds is 5. The number of hydrogen-bond donors (Lipinski definition) is 1. The average Bonchev–Trinajstić information content (AvgIpc) is 2.51. The summed E-state index contributed by atoms with van der Waals surface area (Å²) in [6.07, 6.45) is 0. The molecular weight excluding hydrogens is 234 g/mol. The molecule has 1 heterocycles. The van der Waals surface area contributed by atoms with Crippen molar-refractivity contribution in [1.82, 2.24) is 4.89 Å². The molecule has 86 valence electrons. The van der Waals surface area contributed by atoms with Gasteiger partial charge in [0.2, 0.25) is 0 Å². The third-order valence-electron chi connectivity index (χ3n) is 1.57. The Morgan fingerprint density at radius 1 is 1.47 bits per heavy atom. The van der Waals surface area contributed by atoms with Crippen LogP contribution in [0.1, 0.15) is 18.7 Å². The molecule has 0 saturated heterocycles. The lowest BCUT2D eigenvalue weighted by atomic mass is 10.2. The van der Waals surface area contributed by atoms with Gasteiger partial charge in [-0.3, -0.25) is 4.84 Å². The molecule has 0 aliphatic rings. The van der Waals surface area contributed by atoms with Crippen molar-refractivity contribution < 1.29 is 13.3 Å². The summed E-state index contributed by atoms with van der Waals surface area (Å²) in [5.74, 6) is 0.290. The summed E-state index contributed by atoms with van der Waals surface area (Å²) in [6.45, 7) is 6.12. The summed E-state index contributed by atoms with van der Waals surface area (Å²) in [6, 6.07) is 3.34. The second-order valence-corrected chi connectivity index (χ2v) is 6.82. The standard InChI is InChI=1S/C9H15NO3S2/c1-7(2)6-13-10-15(11,12)9-5-4-8(3)14-9/h4-5,7,10H,6H2,1-3H3. The maximum Gasteiger partial charge on any atom is 0.271 e. The summed E-state index contributed by atoms with van der Waals surface area (Å²) in [4.78, 5) is 7.95. The van der Waals surface area contributed by atoms with E-state index in [1.165, 1.54) is 11.3 Å². The lowest BCUT2D eigenvalue weighted by Gasteiger charge is -2.07. The quantitative estimate of drug-likeness (QED) is 0.811. The van der Waals surface area contributed by atoms with Crippen LogP contribution in [0.5, 0.6) is 0 Å². The first-order chi connectivity index (χ1) is 6.92. The largest absolute Gasteiger partial charge is 0.287 e. The molecule has 6 heteroatoms. The molecule has 0 saturated carbocycles. The molecule has 1 N–H and O–H groups in total. The molecule has 1 aromatic rings. The highest BCUT2D eigenvalue weighted by molar-refractivity contribution is 7.91. The summed E-state index contributed by atoms with van der Waals surface area (Å²) in [5, 5.41) is 0. The Labute approximate surface area is 94.3 Å². The lowest BCUT2D eigenvalue weighted by Crippen LogP contribution is -2.25. The summed E-state index contributed by atoms with van der Waals surface area (Å²) in [5.41, 5.74) is 0. The minimum absolute atomic E-state index is 0.281. The van der Waals surface area contributed by atoms with Gasteiger partial charge < -0.3 is 0 Å². The molecule has 4 nitrogen and oxygen atoms in total. The molecule has 0 spiro atoms. The van der Waals surface area contributed by atoms with E-state index in [-0.39, 0.29) is 10.1 Å². The van der Waals surface area contributed by atoms with E-state index in [4.69, 9.17) is 4.84 Å². The van der Waals surface area contributed by atoms with Crippen LogP contribution in [0.25, 0.3) is 0 Å². The Morgan fingerprint density at radius 3 is 2.60 bits per heavy atom. The van der Waals surface area contributed by atoms with E-state index in [2.05, 4.69) is 4.89 Å². The van der Waals surface area contributed by atoms with Gasteiger partial charge in [0.15, 0.2) is 0 Å². The second-order valence-electron chi connectivity index (χ2n) is 3.66. The Kier molecular flexibility index (Phi) is 4.27. The fourth-order valence-corrected chi connectivity index (χ4v) is 2.95. The van der Waals surface area contributed by atoms with Crippen LogP contribution in [0.3, 0.4) is 0 Å². The van der Waals surface area contributed by atoms with E-state index in [1.54, 1.807) is 12.1 Å². The molecule has 0 bridgehead atoms. The lowest BCUT2D eigenvalue weighted by molar-refractivity contribution is 0.0720. The van der Waals surface area contributed by atoms with E-state index < -0.39 is 10.0 Å². The number of thiophene rings is 1. The molecule has 0 radical (unpaired) electrons. The smallest absolute Gasteiger partial charge is 0.271 e. The molecule has 0 unspecified atom stereocenters. The maximum atomic E-state index is 11.6. The van der Waals surface area contributed by atoms with Crippen molar-refractivity contribution in [3.05, 3.63) is 17.0 Å². The minimum Gasteiger partial charge on any atom is -0.287 e. The highest BCUT2D eigenvalue weighted by Gasteiger charge is 2.16. The summed E-state index contributed by atoms with van der Waals surface area (Å²) < 4.78 is 23.5. The van der Waals surface area contributed by atoms with Gasteiger partial charge in [0.1, 0.15) is 4.21 Å². The molecule has 0 amide bonds. The van der Waals surface area contributed by atoms with Crippen LogP contribution in [-0.4, -0.2) is 15.0 Å². The fourth-order valence-electron chi connectivity index (χ4n) is 0.876. The van der Waals surface area contributed by atoms with Gasteiger partial charge in [-0.1, -0.05) is 18.7 Å². The molecule has 0 fully saturated rings. The van der Waals surface area contributed by atoms with E-state index in [1.807, 2.05) is 20.8 Å². The van der Waals surface area contributed by atoms with Crippen LogP contribution < -0.4 is 4.89 Å². The monoisotopic (exact) mass is 249 g/mol. The molecule has 15 heavy (non-hydrogen) atoms. The van der Waals surface area contributed by atoms with Gasteiger partial charge in [0.05, 0.1) is 6.61 Å². The average molecular weight is 249 g/mol. The number of sulfonamides is 1. The van der Waals surface area contributed by atoms with Crippen molar-refractivity contribution in [1.29, 1.82) is 0 Å². The molecule has 0 aliphatic carbocycles. The third kappa shape index (κ3) is 3.90. The highest BCUT2D eigenvalue weighted by Crippen LogP contribution is 2.20. The maximum absolute atomic E-state index is 11.6. The van der Waals surface area contributed by atoms with E-state index in [0.717, 1.165) is 4.88 Å². The fraction of sp³-hybridized carbons (Fsp3) is 0.556. The predicted octanol–water partition coefficient (Wildman–Crippen LogP) is 1.92.